The Kier molecular flexibility index (Phi) is 4.53. The van der Waals surface area contributed by atoms with Gasteiger partial charge in [-0.15, -0.1) is 0 Å². The molecule has 0 atom stereocenters. The van der Waals surface area contributed by atoms with Crippen molar-refractivity contribution in [2.45, 2.75) is 20.5 Å². The number of fused-ring (bicyclic) bond motifs is 1. The Labute approximate surface area is 94.5 Å². The fourth-order valence-corrected chi connectivity index (χ4v) is 1.53. The maximum atomic E-state index is 8.95. The zero-order valence-corrected chi connectivity index (χ0v) is 9.62. The van der Waals surface area contributed by atoms with Gasteiger partial charge in [0, 0.05) is 17.1 Å². The van der Waals surface area contributed by atoms with E-state index in [2.05, 4.69) is 4.98 Å². The second-order valence-corrected chi connectivity index (χ2v) is 3.15. The molecule has 1 heterocycles. The molecule has 0 amide bonds. The van der Waals surface area contributed by atoms with Crippen LogP contribution in [0.4, 0.5) is 0 Å². The van der Waals surface area contributed by atoms with Crippen LogP contribution in [0.25, 0.3) is 10.9 Å². The van der Waals surface area contributed by atoms with Gasteiger partial charge in [0.15, 0.2) is 0 Å². The second kappa shape index (κ2) is 5.69. The van der Waals surface area contributed by atoms with E-state index >= 15 is 0 Å². The minimum absolute atomic E-state index is 0.0728. The molecule has 0 aliphatic heterocycles. The van der Waals surface area contributed by atoms with Gasteiger partial charge in [-0.2, -0.15) is 0 Å². The number of rotatable bonds is 1. The molecule has 0 unspecified atom stereocenters. The van der Waals surface area contributed by atoms with Crippen LogP contribution in [0.1, 0.15) is 19.4 Å². The van der Waals surface area contributed by atoms with Crippen molar-refractivity contribution in [3.63, 3.8) is 0 Å². The van der Waals surface area contributed by atoms with E-state index in [0.29, 0.717) is 10.6 Å². The number of halogens is 1. The Morgan fingerprint density at radius 3 is 2.60 bits per heavy atom. The highest BCUT2D eigenvalue weighted by atomic mass is 35.5. The number of aliphatic hydroxyl groups excluding tert-OH is 1. The zero-order chi connectivity index (χ0) is 11.3. The van der Waals surface area contributed by atoms with Gasteiger partial charge in [-0.25, -0.2) is 0 Å². The normalized spacial score (nSPS) is 9.60. The zero-order valence-electron chi connectivity index (χ0n) is 8.87. The number of aliphatic hydroxyl groups is 1. The van der Waals surface area contributed by atoms with Crippen molar-refractivity contribution >= 4 is 22.5 Å². The molecule has 0 spiro atoms. The summed E-state index contributed by atoms with van der Waals surface area (Å²) in [4.78, 5) is 4.17. The van der Waals surface area contributed by atoms with Gasteiger partial charge in [0.2, 0.25) is 0 Å². The molecular formula is C12H14ClNO. The molecular weight excluding hydrogens is 210 g/mol. The van der Waals surface area contributed by atoms with E-state index < -0.39 is 0 Å². The van der Waals surface area contributed by atoms with Crippen LogP contribution in [0.3, 0.4) is 0 Å². The summed E-state index contributed by atoms with van der Waals surface area (Å²) in [5.41, 5.74) is 1.52. The largest absolute Gasteiger partial charge is 0.392 e. The number of nitrogens with zero attached hydrogens (tertiary/aromatic N) is 1. The van der Waals surface area contributed by atoms with E-state index in [1.807, 2.05) is 38.1 Å². The first-order chi connectivity index (χ1) is 7.33. The molecule has 0 aliphatic carbocycles. The SMILES string of the molecule is CC.OCc1cnc2ccccc2c1Cl. The van der Waals surface area contributed by atoms with Crippen LogP contribution in [-0.4, -0.2) is 10.1 Å². The van der Waals surface area contributed by atoms with Crippen molar-refractivity contribution in [2.24, 2.45) is 0 Å². The quantitative estimate of drug-likeness (QED) is 0.804. The molecule has 2 nitrogen and oxygen atoms in total. The molecule has 0 fully saturated rings. The highest BCUT2D eigenvalue weighted by Crippen LogP contribution is 2.24. The van der Waals surface area contributed by atoms with E-state index in [1.165, 1.54) is 0 Å². The van der Waals surface area contributed by atoms with Crippen LogP contribution in [0.5, 0.6) is 0 Å². The summed E-state index contributed by atoms with van der Waals surface area (Å²) in [6, 6.07) is 7.59. The lowest BCUT2D eigenvalue weighted by Gasteiger charge is -2.03. The van der Waals surface area contributed by atoms with Crippen LogP contribution in [-0.2, 0) is 6.61 Å². The van der Waals surface area contributed by atoms with Gasteiger partial charge in [-0.1, -0.05) is 43.6 Å². The lowest BCUT2D eigenvalue weighted by molar-refractivity contribution is 0.281. The van der Waals surface area contributed by atoms with Crippen molar-refractivity contribution in [3.8, 4) is 0 Å². The minimum atomic E-state index is -0.0728. The maximum Gasteiger partial charge on any atom is 0.0717 e. The van der Waals surface area contributed by atoms with E-state index in [4.69, 9.17) is 16.7 Å². The van der Waals surface area contributed by atoms with Crippen LogP contribution < -0.4 is 0 Å². The topological polar surface area (TPSA) is 33.1 Å². The molecule has 0 radical (unpaired) electrons. The Bertz CT molecular complexity index is 443. The number of hydrogen-bond acceptors (Lipinski definition) is 2. The molecule has 2 rings (SSSR count). The van der Waals surface area contributed by atoms with Gasteiger partial charge in [0.25, 0.3) is 0 Å². The summed E-state index contributed by atoms with van der Waals surface area (Å²) >= 11 is 6.04. The molecule has 0 saturated carbocycles. The Morgan fingerprint density at radius 2 is 1.93 bits per heavy atom. The van der Waals surface area contributed by atoms with Crippen LogP contribution >= 0.6 is 11.6 Å². The molecule has 2 aromatic rings. The third-order valence-corrected chi connectivity index (χ3v) is 2.40. The van der Waals surface area contributed by atoms with Gasteiger partial charge < -0.3 is 5.11 Å². The van der Waals surface area contributed by atoms with E-state index in [-0.39, 0.29) is 6.61 Å². The van der Waals surface area contributed by atoms with Gasteiger partial charge >= 0.3 is 0 Å². The molecule has 0 bridgehead atoms. The Hall–Kier alpha value is -1.12. The van der Waals surface area contributed by atoms with Crippen molar-refractivity contribution < 1.29 is 5.11 Å². The van der Waals surface area contributed by atoms with Crippen molar-refractivity contribution in [1.82, 2.24) is 4.98 Å². The second-order valence-electron chi connectivity index (χ2n) is 2.77. The Balaban J connectivity index is 0.000000531. The van der Waals surface area contributed by atoms with E-state index in [9.17, 15) is 0 Å². The summed E-state index contributed by atoms with van der Waals surface area (Å²) in [6.45, 7) is 3.93. The maximum absolute atomic E-state index is 8.95. The summed E-state index contributed by atoms with van der Waals surface area (Å²) in [6.07, 6.45) is 1.60. The van der Waals surface area contributed by atoms with E-state index in [0.717, 1.165) is 10.9 Å². The molecule has 0 aliphatic rings. The molecule has 3 heteroatoms. The number of benzene rings is 1. The smallest absolute Gasteiger partial charge is 0.0717 e. The first kappa shape index (κ1) is 12.0. The first-order valence-corrected chi connectivity index (χ1v) is 5.33. The average molecular weight is 224 g/mol. The molecule has 1 N–H and O–H groups in total. The monoisotopic (exact) mass is 223 g/mol. The fourth-order valence-electron chi connectivity index (χ4n) is 1.26. The van der Waals surface area contributed by atoms with Crippen LogP contribution in [0.15, 0.2) is 30.5 Å². The molecule has 1 aromatic carbocycles. The lowest BCUT2D eigenvalue weighted by atomic mass is 10.2. The van der Waals surface area contributed by atoms with Crippen molar-refractivity contribution in [1.29, 1.82) is 0 Å². The average Bonchev–Trinajstić information content (AvgIpc) is 2.33. The molecule has 80 valence electrons. The predicted octanol–water partition coefficient (Wildman–Crippen LogP) is 3.41. The third kappa shape index (κ3) is 2.46. The van der Waals surface area contributed by atoms with Gasteiger partial charge in [-0.05, 0) is 6.07 Å². The van der Waals surface area contributed by atoms with Crippen molar-refractivity contribution in [2.75, 3.05) is 0 Å². The lowest BCUT2D eigenvalue weighted by Crippen LogP contribution is -1.88. The number of para-hydroxylation sites is 1. The number of pyridine rings is 1. The fraction of sp³-hybridized carbons (Fsp3) is 0.250. The highest BCUT2D eigenvalue weighted by molar-refractivity contribution is 6.36. The standard InChI is InChI=1S/C10H8ClNO.C2H6/c11-10-7(6-13)5-12-9-4-2-1-3-8(9)10;1-2/h1-5,13H,6H2;1-2H3. The first-order valence-electron chi connectivity index (χ1n) is 4.96. The molecule has 1 aromatic heterocycles. The summed E-state index contributed by atoms with van der Waals surface area (Å²) in [5.74, 6) is 0. The van der Waals surface area contributed by atoms with Crippen LogP contribution in [0, 0.1) is 0 Å². The van der Waals surface area contributed by atoms with Gasteiger partial charge in [0.05, 0.1) is 17.1 Å². The predicted molar refractivity (Wildman–Crippen MR) is 64.0 cm³/mol. The number of hydrogen-bond donors (Lipinski definition) is 1. The summed E-state index contributed by atoms with van der Waals surface area (Å²) in [5, 5.41) is 10.4. The van der Waals surface area contributed by atoms with Gasteiger partial charge in [-0.3, -0.25) is 4.98 Å². The van der Waals surface area contributed by atoms with E-state index in [1.54, 1.807) is 6.20 Å². The van der Waals surface area contributed by atoms with Crippen molar-refractivity contribution in [3.05, 3.63) is 41.0 Å². The molecule has 15 heavy (non-hydrogen) atoms. The summed E-state index contributed by atoms with van der Waals surface area (Å²) in [7, 11) is 0. The minimum Gasteiger partial charge on any atom is -0.392 e. The molecule has 0 saturated heterocycles. The Morgan fingerprint density at radius 1 is 1.27 bits per heavy atom. The highest BCUT2D eigenvalue weighted by Gasteiger charge is 2.04. The number of aromatic nitrogens is 1. The van der Waals surface area contributed by atoms with Crippen LogP contribution in [0.2, 0.25) is 5.02 Å². The third-order valence-electron chi connectivity index (χ3n) is 1.95. The summed E-state index contributed by atoms with van der Waals surface area (Å²) < 4.78 is 0. The van der Waals surface area contributed by atoms with Gasteiger partial charge in [0.1, 0.15) is 0 Å².